The first kappa shape index (κ1) is 10.2. The number of aromatic amines is 1. The highest BCUT2D eigenvalue weighted by Crippen LogP contribution is 2.15. The largest absolute Gasteiger partial charge is 0.381 e. The van der Waals surface area contributed by atoms with E-state index in [9.17, 15) is 10.1 Å². The molecule has 0 amide bonds. The number of nitro groups is 1. The van der Waals surface area contributed by atoms with Crippen molar-refractivity contribution in [3.8, 4) is 0 Å². The SMILES string of the molecule is O=[N+]([O-])c1ccc(NCc2cn[nH]c2)cc1. The standard InChI is InChI=1S/C10H10N4O2/c15-14(16)10-3-1-9(2-4-10)11-5-8-6-12-13-7-8/h1-4,6-7,11H,5H2,(H,12,13). The van der Waals surface area contributed by atoms with Gasteiger partial charge in [0, 0.05) is 36.1 Å². The summed E-state index contributed by atoms with van der Waals surface area (Å²) in [7, 11) is 0. The van der Waals surface area contributed by atoms with Crippen molar-refractivity contribution < 1.29 is 4.92 Å². The normalized spacial score (nSPS) is 10.0. The molecule has 0 bridgehead atoms. The van der Waals surface area contributed by atoms with Crippen molar-refractivity contribution in [2.45, 2.75) is 6.54 Å². The Morgan fingerprint density at radius 1 is 1.38 bits per heavy atom. The highest BCUT2D eigenvalue weighted by atomic mass is 16.6. The van der Waals surface area contributed by atoms with Gasteiger partial charge in [-0.2, -0.15) is 5.10 Å². The minimum atomic E-state index is -0.417. The number of hydrogen-bond donors (Lipinski definition) is 2. The van der Waals surface area contributed by atoms with Crippen LogP contribution in [-0.4, -0.2) is 15.1 Å². The quantitative estimate of drug-likeness (QED) is 0.606. The van der Waals surface area contributed by atoms with Crippen LogP contribution < -0.4 is 5.32 Å². The summed E-state index contributed by atoms with van der Waals surface area (Å²) in [4.78, 5) is 10.0. The van der Waals surface area contributed by atoms with Gasteiger partial charge >= 0.3 is 0 Å². The fraction of sp³-hybridized carbons (Fsp3) is 0.100. The van der Waals surface area contributed by atoms with Crippen LogP contribution in [-0.2, 0) is 6.54 Å². The Kier molecular flexibility index (Phi) is 2.81. The van der Waals surface area contributed by atoms with E-state index >= 15 is 0 Å². The number of anilines is 1. The Balaban J connectivity index is 1.98. The summed E-state index contributed by atoms with van der Waals surface area (Å²) in [5, 5.41) is 20.1. The molecule has 0 saturated carbocycles. The molecule has 0 aliphatic heterocycles. The summed E-state index contributed by atoms with van der Waals surface area (Å²) in [6, 6.07) is 6.30. The highest BCUT2D eigenvalue weighted by Gasteiger charge is 2.03. The maximum atomic E-state index is 10.4. The van der Waals surface area contributed by atoms with Gasteiger partial charge in [-0.1, -0.05) is 0 Å². The van der Waals surface area contributed by atoms with Gasteiger partial charge in [-0.25, -0.2) is 0 Å². The van der Waals surface area contributed by atoms with Gasteiger partial charge in [0.1, 0.15) is 0 Å². The Morgan fingerprint density at radius 2 is 2.12 bits per heavy atom. The van der Waals surface area contributed by atoms with Crippen molar-refractivity contribution in [2.24, 2.45) is 0 Å². The maximum Gasteiger partial charge on any atom is 0.269 e. The zero-order valence-corrected chi connectivity index (χ0v) is 8.38. The number of nitro benzene ring substituents is 1. The Labute approximate surface area is 91.5 Å². The van der Waals surface area contributed by atoms with Gasteiger partial charge < -0.3 is 5.32 Å². The molecule has 2 N–H and O–H groups in total. The van der Waals surface area contributed by atoms with Crippen LogP contribution in [0, 0.1) is 10.1 Å². The second-order valence-corrected chi connectivity index (χ2v) is 3.26. The van der Waals surface area contributed by atoms with Gasteiger partial charge in [-0.05, 0) is 12.1 Å². The summed E-state index contributed by atoms with van der Waals surface area (Å²) >= 11 is 0. The summed E-state index contributed by atoms with van der Waals surface area (Å²) in [5.74, 6) is 0. The van der Waals surface area contributed by atoms with Crippen LogP contribution in [0.3, 0.4) is 0 Å². The highest BCUT2D eigenvalue weighted by molar-refractivity contribution is 5.48. The van der Waals surface area contributed by atoms with Crippen molar-refractivity contribution in [3.63, 3.8) is 0 Å². The number of rotatable bonds is 4. The number of benzene rings is 1. The molecule has 0 saturated heterocycles. The van der Waals surface area contributed by atoms with Crippen LogP contribution in [0.5, 0.6) is 0 Å². The van der Waals surface area contributed by atoms with E-state index in [0.717, 1.165) is 11.3 Å². The van der Waals surface area contributed by atoms with Gasteiger partial charge in [-0.15, -0.1) is 0 Å². The first-order valence-corrected chi connectivity index (χ1v) is 4.72. The van der Waals surface area contributed by atoms with Gasteiger partial charge in [0.2, 0.25) is 0 Å². The lowest BCUT2D eigenvalue weighted by Gasteiger charge is -2.03. The van der Waals surface area contributed by atoms with Crippen molar-refractivity contribution in [1.82, 2.24) is 10.2 Å². The molecule has 16 heavy (non-hydrogen) atoms. The predicted octanol–water partition coefficient (Wildman–Crippen LogP) is 1.93. The smallest absolute Gasteiger partial charge is 0.269 e. The summed E-state index contributed by atoms with van der Waals surface area (Å²) in [6.45, 7) is 0.633. The lowest BCUT2D eigenvalue weighted by Crippen LogP contribution is -1.98. The molecular weight excluding hydrogens is 208 g/mol. The fourth-order valence-electron chi connectivity index (χ4n) is 1.28. The van der Waals surface area contributed by atoms with Crippen LogP contribution >= 0.6 is 0 Å². The Morgan fingerprint density at radius 3 is 2.69 bits per heavy atom. The van der Waals surface area contributed by atoms with Gasteiger partial charge in [-0.3, -0.25) is 15.2 Å². The molecule has 2 aromatic rings. The molecule has 0 aliphatic carbocycles. The lowest BCUT2D eigenvalue weighted by molar-refractivity contribution is -0.384. The topological polar surface area (TPSA) is 83.8 Å². The molecule has 1 aromatic heterocycles. The van der Waals surface area contributed by atoms with E-state index in [2.05, 4.69) is 15.5 Å². The number of nitrogens with zero attached hydrogens (tertiary/aromatic N) is 2. The number of nitrogens with one attached hydrogen (secondary N) is 2. The third kappa shape index (κ3) is 2.35. The average Bonchev–Trinajstić information content (AvgIpc) is 2.80. The van der Waals surface area contributed by atoms with E-state index in [1.807, 2.05) is 0 Å². The molecule has 0 radical (unpaired) electrons. The minimum Gasteiger partial charge on any atom is -0.381 e. The van der Waals surface area contributed by atoms with Crippen molar-refractivity contribution in [1.29, 1.82) is 0 Å². The molecule has 6 nitrogen and oxygen atoms in total. The van der Waals surface area contributed by atoms with E-state index < -0.39 is 4.92 Å². The molecule has 0 aliphatic rings. The number of H-pyrrole nitrogens is 1. The monoisotopic (exact) mass is 218 g/mol. The molecule has 1 heterocycles. The summed E-state index contributed by atoms with van der Waals surface area (Å²) in [6.07, 6.45) is 3.51. The van der Waals surface area contributed by atoms with Crippen molar-refractivity contribution in [3.05, 3.63) is 52.3 Å². The first-order chi connectivity index (χ1) is 7.75. The molecule has 1 aromatic carbocycles. The van der Waals surface area contributed by atoms with Gasteiger partial charge in [0.15, 0.2) is 0 Å². The molecule has 0 atom stereocenters. The van der Waals surface area contributed by atoms with Crippen LogP contribution in [0.1, 0.15) is 5.56 Å². The second kappa shape index (κ2) is 4.43. The number of aromatic nitrogens is 2. The Hall–Kier alpha value is -2.37. The zero-order chi connectivity index (χ0) is 11.4. The first-order valence-electron chi connectivity index (χ1n) is 4.72. The molecular formula is C10H10N4O2. The molecule has 0 unspecified atom stereocenters. The number of hydrogen-bond acceptors (Lipinski definition) is 4. The van der Waals surface area contributed by atoms with Crippen LogP contribution in [0.4, 0.5) is 11.4 Å². The van der Waals surface area contributed by atoms with Crippen molar-refractivity contribution >= 4 is 11.4 Å². The molecule has 0 spiro atoms. The van der Waals surface area contributed by atoms with E-state index in [0.29, 0.717) is 6.54 Å². The lowest BCUT2D eigenvalue weighted by atomic mass is 10.2. The maximum absolute atomic E-state index is 10.4. The molecule has 0 fully saturated rings. The minimum absolute atomic E-state index is 0.0915. The zero-order valence-electron chi connectivity index (χ0n) is 8.38. The molecule has 2 rings (SSSR count). The predicted molar refractivity (Wildman–Crippen MR) is 59.0 cm³/mol. The van der Waals surface area contributed by atoms with Gasteiger partial charge in [0.05, 0.1) is 11.1 Å². The van der Waals surface area contributed by atoms with E-state index in [4.69, 9.17) is 0 Å². The van der Waals surface area contributed by atoms with Crippen LogP contribution in [0.15, 0.2) is 36.7 Å². The third-order valence-electron chi connectivity index (χ3n) is 2.13. The number of non-ortho nitro benzene ring substituents is 1. The van der Waals surface area contributed by atoms with E-state index in [-0.39, 0.29) is 5.69 Å². The molecule has 6 heteroatoms. The van der Waals surface area contributed by atoms with Gasteiger partial charge in [0.25, 0.3) is 5.69 Å². The third-order valence-corrected chi connectivity index (χ3v) is 2.13. The molecule has 82 valence electrons. The Bertz CT molecular complexity index is 464. The average molecular weight is 218 g/mol. The van der Waals surface area contributed by atoms with E-state index in [1.165, 1.54) is 12.1 Å². The van der Waals surface area contributed by atoms with Crippen LogP contribution in [0.2, 0.25) is 0 Å². The summed E-state index contributed by atoms with van der Waals surface area (Å²) < 4.78 is 0. The van der Waals surface area contributed by atoms with E-state index in [1.54, 1.807) is 24.5 Å². The summed E-state index contributed by atoms with van der Waals surface area (Å²) in [5.41, 5.74) is 1.96. The van der Waals surface area contributed by atoms with Crippen molar-refractivity contribution in [2.75, 3.05) is 5.32 Å². The fourth-order valence-corrected chi connectivity index (χ4v) is 1.28. The second-order valence-electron chi connectivity index (χ2n) is 3.26. The van der Waals surface area contributed by atoms with Crippen LogP contribution in [0.25, 0.3) is 0 Å².